The van der Waals surface area contributed by atoms with Crippen molar-refractivity contribution in [3.8, 4) is 11.5 Å². The number of aryl methyl sites for hydroxylation is 2. The van der Waals surface area contributed by atoms with E-state index in [9.17, 15) is 0 Å². The van der Waals surface area contributed by atoms with Crippen LogP contribution in [0.4, 0.5) is 0 Å². The second-order valence-electron chi connectivity index (χ2n) is 7.55. The molecule has 1 N–H and O–H groups in total. The molecule has 0 saturated carbocycles. The summed E-state index contributed by atoms with van der Waals surface area (Å²) in [6.07, 6.45) is 2.30. The first-order chi connectivity index (χ1) is 13.7. The third kappa shape index (κ3) is 3.36. The van der Waals surface area contributed by atoms with Gasteiger partial charge in [-0.25, -0.2) is 4.98 Å². The van der Waals surface area contributed by atoms with Gasteiger partial charge in [-0.15, -0.1) is 21.5 Å². The average molecular weight is 396 g/mol. The van der Waals surface area contributed by atoms with E-state index in [0.717, 1.165) is 55.1 Å². The summed E-state index contributed by atoms with van der Waals surface area (Å²) in [6.45, 7) is 6.82. The quantitative estimate of drug-likeness (QED) is 0.573. The molecule has 0 bridgehead atoms. The van der Waals surface area contributed by atoms with Gasteiger partial charge in [0.2, 0.25) is 0 Å². The number of para-hydroxylation sites is 1. The van der Waals surface area contributed by atoms with Crippen LogP contribution < -0.4 is 4.90 Å². The summed E-state index contributed by atoms with van der Waals surface area (Å²) in [5, 5.41) is 9.75. The van der Waals surface area contributed by atoms with Gasteiger partial charge in [-0.3, -0.25) is 0 Å². The van der Waals surface area contributed by atoms with Crippen LogP contribution in [-0.4, -0.2) is 28.3 Å². The van der Waals surface area contributed by atoms with E-state index in [4.69, 9.17) is 13.8 Å². The molecule has 144 valence electrons. The molecular formula is C21H23N4O2S+. The van der Waals surface area contributed by atoms with Gasteiger partial charge in [0.25, 0.3) is 11.8 Å². The number of hydrogen-bond acceptors (Lipinski definition) is 6. The molecule has 1 aliphatic heterocycles. The highest BCUT2D eigenvalue weighted by Gasteiger charge is 2.27. The minimum absolute atomic E-state index is 0.549. The monoisotopic (exact) mass is 395 g/mol. The Kier molecular flexibility index (Phi) is 4.49. The highest BCUT2D eigenvalue weighted by Crippen LogP contribution is 2.31. The molecule has 4 heterocycles. The van der Waals surface area contributed by atoms with Crippen molar-refractivity contribution in [1.82, 2.24) is 15.2 Å². The second-order valence-corrected chi connectivity index (χ2v) is 8.61. The van der Waals surface area contributed by atoms with Crippen LogP contribution in [0.25, 0.3) is 21.7 Å². The van der Waals surface area contributed by atoms with Crippen LogP contribution in [0.1, 0.15) is 41.2 Å². The number of thiazole rings is 1. The van der Waals surface area contributed by atoms with Crippen molar-refractivity contribution >= 4 is 21.6 Å². The van der Waals surface area contributed by atoms with Crippen molar-refractivity contribution in [2.45, 2.75) is 39.2 Å². The van der Waals surface area contributed by atoms with E-state index in [1.54, 1.807) is 0 Å². The number of benzene rings is 1. The van der Waals surface area contributed by atoms with E-state index in [-0.39, 0.29) is 0 Å². The molecule has 1 aromatic carbocycles. The Labute approximate surface area is 167 Å². The Morgan fingerprint density at radius 3 is 2.68 bits per heavy atom. The normalized spacial score (nSPS) is 20.1. The number of hydrogen-bond donors (Lipinski definition) is 1. The lowest BCUT2D eigenvalue weighted by molar-refractivity contribution is -0.920. The van der Waals surface area contributed by atoms with E-state index in [2.05, 4.69) is 34.5 Å². The summed E-state index contributed by atoms with van der Waals surface area (Å²) in [5.74, 6) is 3.48. The Balaban J connectivity index is 1.22. The Morgan fingerprint density at radius 1 is 1.11 bits per heavy atom. The molecule has 7 heteroatoms. The van der Waals surface area contributed by atoms with Crippen LogP contribution in [0.5, 0.6) is 0 Å². The number of rotatable bonds is 4. The maximum atomic E-state index is 5.90. The Bertz CT molecular complexity index is 1070. The van der Waals surface area contributed by atoms with Crippen molar-refractivity contribution in [3.63, 3.8) is 0 Å². The maximum absolute atomic E-state index is 5.90. The molecule has 0 radical (unpaired) electrons. The molecule has 6 nitrogen and oxygen atoms in total. The topological polar surface area (TPSA) is 69.4 Å². The van der Waals surface area contributed by atoms with Gasteiger partial charge in [-0.2, -0.15) is 0 Å². The number of piperidine rings is 1. The van der Waals surface area contributed by atoms with Crippen LogP contribution in [-0.2, 0) is 6.54 Å². The van der Waals surface area contributed by atoms with E-state index < -0.39 is 0 Å². The first kappa shape index (κ1) is 17.6. The molecule has 0 aliphatic carbocycles. The van der Waals surface area contributed by atoms with E-state index in [0.29, 0.717) is 17.7 Å². The average Bonchev–Trinajstić information content (AvgIpc) is 3.40. The fourth-order valence-corrected chi connectivity index (χ4v) is 5.14. The van der Waals surface area contributed by atoms with Gasteiger partial charge in [0, 0.05) is 18.8 Å². The summed E-state index contributed by atoms with van der Waals surface area (Å²) in [4.78, 5) is 6.35. The number of aromatic nitrogens is 3. The zero-order chi connectivity index (χ0) is 19.1. The summed E-state index contributed by atoms with van der Waals surface area (Å²) in [6, 6.07) is 10.4. The number of furan rings is 1. The van der Waals surface area contributed by atoms with E-state index in [1.165, 1.54) is 14.6 Å². The molecule has 0 amide bonds. The maximum Gasteiger partial charge on any atom is 0.271 e. The molecule has 1 aliphatic rings. The van der Waals surface area contributed by atoms with Crippen molar-refractivity contribution in [1.29, 1.82) is 0 Å². The molecule has 5 rings (SSSR count). The zero-order valence-electron chi connectivity index (χ0n) is 16.1. The molecular weight excluding hydrogens is 372 g/mol. The second kappa shape index (κ2) is 7.14. The van der Waals surface area contributed by atoms with E-state index >= 15 is 0 Å². The minimum Gasteiger partial charge on any atom is -0.466 e. The largest absolute Gasteiger partial charge is 0.466 e. The first-order valence-electron chi connectivity index (χ1n) is 9.74. The number of fused-ring (bicyclic) bond motifs is 1. The number of likely N-dealkylation sites (tertiary alicyclic amines) is 1. The molecule has 1 saturated heterocycles. The molecule has 0 spiro atoms. The number of nitrogens with zero attached hydrogens (tertiary/aromatic N) is 3. The first-order valence-corrected chi connectivity index (χ1v) is 10.6. The van der Waals surface area contributed by atoms with Crippen LogP contribution in [0.2, 0.25) is 0 Å². The highest BCUT2D eigenvalue weighted by molar-refractivity contribution is 7.18. The van der Waals surface area contributed by atoms with Crippen LogP contribution in [0, 0.1) is 13.8 Å². The van der Waals surface area contributed by atoms with Crippen molar-refractivity contribution in [2.24, 2.45) is 0 Å². The zero-order valence-corrected chi connectivity index (χ0v) is 16.9. The lowest BCUT2D eigenvalue weighted by atomic mass is 9.97. The van der Waals surface area contributed by atoms with Gasteiger partial charge >= 0.3 is 0 Å². The summed E-state index contributed by atoms with van der Waals surface area (Å²) in [5.41, 5.74) is 2.02. The van der Waals surface area contributed by atoms with Gasteiger partial charge in [0.15, 0.2) is 6.54 Å². The predicted molar refractivity (Wildman–Crippen MR) is 107 cm³/mol. The Hall–Kier alpha value is -2.51. The molecule has 1 fully saturated rings. The molecule has 4 aromatic rings. The lowest BCUT2D eigenvalue weighted by Crippen LogP contribution is -3.11. The lowest BCUT2D eigenvalue weighted by Gasteiger charge is -2.27. The van der Waals surface area contributed by atoms with Gasteiger partial charge in [0.1, 0.15) is 11.5 Å². The highest BCUT2D eigenvalue weighted by atomic mass is 32.1. The van der Waals surface area contributed by atoms with Crippen molar-refractivity contribution in [3.05, 3.63) is 52.8 Å². The van der Waals surface area contributed by atoms with Gasteiger partial charge in [-0.05, 0) is 32.0 Å². The fraction of sp³-hybridized carbons (Fsp3) is 0.381. The van der Waals surface area contributed by atoms with Crippen LogP contribution in [0.15, 0.2) is 39.2 Å². The van der Waals surface area contributed by atoms with Gasteiger partial charge < -0.3 is 13.7 Å². The third-order valence-electron chi connectivity index (χ3n) is 5.49. The number of quaternary nitrogens is 1. The van der Waals surface area contributed by atoms with Crippen molar-refractivity contribution < 1.29 is 13.7 Å². The van der Waals surface area contributed by atoms with Crippen LogP contribution >= 0.6 is 11.3 Å². The fourth-order valence-electron chi connectivity index (χ4n) is 4.01. The Morgan fingerprint density at radius 2 is 1.93 bits per heavy atom. The summed E-state index contributed by atoms with van der Waals surface area (Å²) >= 11 is 1.84. The third-order valence-corrected chi connectivity index (χ3v) is 6.69. The van der Waals surface area contributed by atoms with Gasteiger partial charge in [-0.1, -0.05) is 12.1 Å². The van der Waals surface area contributed by atoms with Crippen LogP contribution in [0.3, 0.4) is 0 Å². The van der Waals surface area contributed by atoms with E-state index in [1.807, 2.05) is 31.3 Å². The molecule has 28 heavy (non-hydrogen) atoms. The molecule has 0 atom stereocenters. The minimum atomic E-state index is 0.549. The summed E-state index contributed by atoms with van der Waals surface area (Å²) < 4.78 is 12.8. The van der Waals surface area contributed by atoms with Gasteiger partial charge in [0.05, 0.1) is 33.9 Å². The SMILES string of the molecule is Cc1cc(-c2nnc(C[NH+]3CCC(c4nc5ccccc5s4)CC3)o2)c(C)o1. The molecule has 3 aromatic heterocycles. The molecule has 0 unspecified atom stereocenters. The van der Waals surface area contributed by atoms with Crippen molar-refractivity contribution in [2.75, 3.05) is 13.1 Å². The predicted octanol–water partition coefficient (Wildman–Crippen LogP) is 3.52. The standard InChI is InChI=1S/C21H22N4O2S/c1-13-11-16(14(2)26-13)20-24-23-19(27-20)12-25-9-7-15(8-10-25)21-22-17-5-3-4-6-18(17)28-21/h3-6,11,15H,7-10,12H2,1-2H3/p+1. The smallest absolute Gasteiger partial charge is 0.271 e. The summed E-state index contributed by atoms with van der Waals surface area (Å²) in [7, 11) is 0. The number of nitrogens with one attached hydrogen (secondary N) is 1.